The van der Waals surface area contributed by atoms with E-state index in [4.69, 9.17) is 20.1 Å². The van der Waals surface area contributed by atoms with Gasteiger partial charge in [0.25, 0.3) is 0 Å². The summed E-state index contributed by atoms with van der Waals surface area (Å²) in [5, 5.41) is 8.59. The van der Waals surface area contributed by atoms with Crippen LogP contribution in [0.15, 0.2) is 36.5 Å². The quantitative estimate of drug-likeness (QED) is 0.391. The number of halogens is 3. The standard InChI is InChI=1S/C27H31F3N6O/c1-17-20(27(28,29)30)6-4-7-22(17)36-9-5-8-23(36)19-14-18(26(31)34(2)3)15-21-25(19)33-24(16-32-21)35-10-12-37-13-11-35/h4,6-7,14-16,23,31H,5,8-13H2,1-3H3. The largest absolute Gasteiger partial charge is 0.416 e. The number of alkyl halides is 3. The average molecular weight is 513 g/mol. The first-order chi connectivity index (χ1) is 17.6. The lowest BCUT2D eigenvalue weighted by molar-refractivity contribution is -0.138. The number of benzene rings is 2. The number of nitrogens with one attached hydrogen (secondary N) is 1. The Morgan fingerprint density at radius 2 is 1.89 bits per heavy atom. The van der Waals surface area contributed by atoms with Crippen molar-refractivity contribution in [2.75, 3.05) is 56.7 Å². The van der Waals surface area contributed by atoms with E-state index in [-0.39, 0.29) is 11.6 Å². The molecular weight excluding hydrogens is 481 g/mol. The summed E-state index contributed by atoms with van der Waals surface area (Å²) in [5.74, 6) is 1.09. The molecule has 0 spiro atoms. The number of ether oxygens (including phenoxy) is 1. The number of aromatic nitrogens is 2. The van der Waals surface area contributed by atoms with Gasteiger partial charge in [-0.1, -0.05) is 6.07 Å². The second-order valence-electron chi connectivity index (χ2n) is 9.80. The van der Waals surface area contributed by atoms with Gasteiger partial charge in [-0.2, -0.15) is 13.2 Å². The first kappa shape index (κ1) is 25.3. The van der Waals surface area contributed by atoms with Crippen LogP contribution in [0.5, 0.6) is 0 Å². The molecule has 0 bridgehead atoms. The SMILES string of the molecule is Cc1c(N2CCCC2c2cc(C(=N)N(C)C)cc3ncc(N4CCOCC4)nc23)cccc1C(F)(F)F. The third-order valence-corrected chi connectivity index (χ3v) is 7.25. The molecule has 10 heteroatoms. The normalized spacial score (nSPS) is 18.5. The summed E-state index contributed by atoms with van der Waals surface area (Å²) in [6.07, 6.45) is -1.05. The van der Waals surface area contributed by atoms with Crippen LogP contribution in [0.4, 0.5) is 24.7 Å². The van der Waals surface area contributed by atoms with Gasteiger partial charge >= 0.3 is 6.18 Å². The van der Waals surface area contributed by atoms with E-state index >= 15 is 0 Å². The van der Waals surface area contributed by atoms with Gasteiger partial charge in [-0.3, -0.25) is 10.4 Å². The van der Waals surface area contributed by atoms with Crippen LogP contribution in [0, 0.1) is 12.3 Å². The second-order valence-corrected chi connectivity index (χ2v) is 9.80. The first-order valence-electron chi connectivity index (χ1n) is 12.5. The van der Waals surface area contributed by atoms with E-state index in [0.29, 0.717) is 42.4 Å². The minimum atomic E-state index is -4.42. The smallest absolute Gasteiger partial charge is 0.378 e. The molecule has 0 aliphatic carbocycles. The fourth-order valence-electron chi connectivity index (χ4n) is 5.35. The molecule has 3 aromatic rings. The lowest BCUT2D eigenvalue weighted by atomic mass is 9.97. The van der Waals surface area contributed by atoms with Gasteiger partial charge in [0.15, 0.2) is 0 Å². The van der Waals surface area contributed by atoms with E-state index in [1.165, 1.54) is 6.07 Å². The Morgan fingerprint density at radius 3 is 2.59 bits per heavy atom. The Balaban J connectivity index is 1.65. The van der Waals surface area contributed by atoms with Crippen molar-refractivity contribution in [3.8, 4) is 0 Å². The van der Waals surface area contributed by atoms with Crippen LogP contribution >= 0.6 is 0 Å². The number of rotatable bonds is 4. The fraction of sp³-hybridized carbons (Fsp3) is 0.444. The Hall–Kier alpha value is -3.40. The van der Waals surface area contributed by atoms with E-state index in [2.05, 4.69) is 9.80 Å². The zero-order valence-corrected chi connectivity index (χ0v) is 21.3. The number of nitrogens with zero attached hydrogens (tertiary/aromatic N) is 5. The van der Waals surface area contributed by atoms with E-state index in [1.54, 1.807) is 24.1 Å². The molecule has 2 fully saturated rings. The molecule has 1 N–H and O–H groups in total. The number of anilines is 2. The number of hydrogen-bond acceptors (Lipinski definition) is 6. The maximum Gasteiger partial charge on any atom is 0.416 e. The van der Waals surface area contributed by atoms with Crippen LogP contribution in [0.1, 0.15) is 41.1 Å². The van der Waals surface area contributed by atoms with Gasteiger partial charge in [-0.15, -0.1) is 0 Å². The topological polar surface area (TPSA) is 68.6 Å². The van der Waals surface area contributed by atoms with E-state index in [9.17, 15) is 13.2 Å². The van der Waals surface area contributed by atoms with Crippen molar-refractivity contribution in [2.45, 2.75) is 32.0 Å². The molecule has 2 aliphatic heterocycles. The maximum absolute atomic E-state index is 13.7. The summed E-state index contributed by atoms with van der Waals surface area (Å²) >= 11 is 0. The Morgan fingerprint density at radius 1 is 1.14 bits per heavy atom. The van der Waals surface area contributed by atoms with Crippen molar-refractivity contribution in [1.82, 2.24) is 14.9 Å². The molecule has 0 amide bonds. The lowest BCUT2D eigenvalue weighted by Gasteiger charge is -2.31. The fourth-order valence-corrected chi connectivity index (χ4v) is 5.35. The van der Waals surface area contributed by atoms with Crippen LogP contribution in [0.25, 0.3) is 11.0 Å². The molecule has 2 aromatic carbocycles. The van der Waals surface area contributed by atoms with Crippen LogP contribution in [-0.2, 0) is 10.9 Å². The van der Waals surface area contributed by atoms with Crippen LogP contribution in [-0.4, -0.2) is 67.6 Å². The summed E-state index contributed by atoms with van der Waals surface area (Å²) in [5.41, 5.74) is 3.17. The molecule has 2 saturated heterocycles. The predicted octanol–water partition coefficient (Wildman–Crippen LogP) is 5.02. The molecule has 196 valence electrons. The number of fused-ring (bicyclic) bond motifs is 1. The highest BCUT2D eigenvalue weighted by Gasteiger charge is 2.36. The first-order valence-corrected chi connectivity index (χ1v) is 12.5. The molecule has 1 atom stereocenters. The molecule has 1 unspecified atom stereocenters. The van der Waals surface area contributed by atoms with Crippen molar-refractivity contribution in [1.29, 1.82) is 5.41 Å². The highest BCUT2D eigenvalue weighted by atomic mass is 19.4. The van der Waals surface area contributed by atoms with Gasteiger partial charge in [0.05, 0.1) is 42.0 Å². The highest BCUT2D eigenvalue weighted by molar-refractivity contribution is 6.00. The number of amidine groups is 1. The molecular formula is C27H31F3N6O. The third kappa shape index (κ3) is 4.82. The molecule has 37 heavy (non-hydrogen) atoms. The van der Waals surface area contributed by atoms with Crippen molar-refractivity contribution in [3.05, 3.63) is 58.8 Å². The van der Waals surface area contributed by atoms with Gasteiger partial charge < -0.3 is 19.4 Å². The van der Waals surface area contributed by atoms with E-state index < -0.39 is 11.7 Å². The Bertz CT molecular complexity index is 1320. The van der Waals surface area contributed by atoms with Gasteiger partial charge in [0.2, 0.25) is 0 Å². The summed E-state index contributed by atoms with van der Waals surface area (Å²) in [6, 6.07) is 8.03. The summed E-state index contributed by atoms with van der Waals surface area (Å²) in [7, 11) is 3.63. The number of morpholine rings is 1. The highest BCUT2D eigenvalue weighted by Crippen LogP contribution is 2.43. The summed E-state index contributed by atoms with van der Waals surface area (Å²) in [4.78, 5) is 15.7. The lowest BCUT2D eigenvalue weighted by Crippen LogP contribution is -2.36. The molecule has 2 aliphatic rings. The molecule has 0 saturated carbocycles. The Kier molecular flexibility index (Phi) is 6.70. The minimum absolute atomic E-state index is 0.186. The van der Waals surface area contributed by atoms with Crippen molar-refractivity contribution in [3.63, 3.8) is 0 Å². The van der Waals surface area contributed by atoms with Gasteiger partial charge in [-0.25, -0.2) is 4.98 Å². The Labute approximate surface area is 214 Å². The van der Waals surface area contributed by atoms with Crippen LogP contribution in [0.3, 0.4) is 0 Å². The molecule has 7 nitrogen and oxygen atoms in total. The van der Waals surface area contributed by atoms with Crippen molar-refractivity contribution < 1.29 is 17.9 Å². The zero-order valence-electron chi connectivity index (χ0n) is 21.3. The van der Waals surface area contributed by atoms with Crippen LogP contribution < -0.4 is 9.80 Å². The molecule has 5 rings (SSSR count). The predicted molar refractivity (Wildman–Crippen MR) is 139 cm³/mol. The van der Waals surface area contributed by atoms with Gasteiger partial charge in [0, 0.05) is 50.5 Å². The maximum atomic E-state index is 13.7. The van der Waals surface area contributed by atoms with Crippen molar-refractivity contribution >= 4 is 28.4 Å². The van der Waals surface area contributed by atoms with Crippen LogP contribution in [0.2, 0.25) is 0 Å². The zero-order chi connectivity index (χ0) is 26.3. The molecule has 0 radical (unpaired) electrons. The van der Waals surface area contributed by atoms with E-state index in [1.807, 2.05) is 26.2 Å². The number of hydrogen-bond donors (Lipinski definition) is 1. The van der Waals surface area contributed by atoms with Crippen molar-refractivity contribution in [2.24, 2.45) is 0 Å². The molecule has 1 aromatic heterocycles. The average Bonchev–Trinajstić information content (AvgIpc) is 3.36. The van der Waals surface area contributed by atoms with E-state index in [0.717, 1.165) is 48.9 Å². The third-order valence-electron chi connectivity index (χ3n) is 7.25. The monoisotopic (exact) mass is 512 g/mol. The molecule has 3 heterocycles. The summed E-state index contributed by atoms with van der Waals surface area (Å²) < 4.78 is 46.6. The minimum Gasteiger partial charge on any atom is -0.378 e. The van der Waals surface area contributed by atoms with Gasteiger partial charge in [0.1, 0.15) is 11.7 Å². The second kappa shape index (κ2) is 9.81. The van der Waals surface area contributed by atoms with Gasteiger partial charge in [-0.05, 0) is 49.6 Å². The summed E-state index contributed by atoms with van der Waals surface area (Å²) in [6.45, 7) is 4.86.